The van der Waals surface area contributed by atoms with E-state index in [4.69, 9.17) is 5.26 Å². The lowest BCUT2D eigenvalue weighted by Crippen LogP contribution is -2.37. The fourth-order valence-electron chi connectivity index (χ4n) is 2.87. The van der Waals surface area contributed by atoms with Crippen LogP contribution in [0.5, 0.6) is 0 Å². The van der Waals surface area contributed by atoms with Crippen LogP contribution in [0.2, 0.25) is 0 Å². The monoisotopic (exact) mass is 261 g/mol. The highest BCUT2D eigenvalue weighted by Crippen LogP contribution is 2.26. The molecule has 102 valence electrons. The molecule has 4 heteroatoms. The van der Waals surface area contributed by atoms with Crippen molar-refractivity contribution in [2.45, 2.75) is 26.3 Å². The molecule has 0 aliphatic carbocycles. The fraction of sp³-hybridized carbons (Fsp3) is 0.533. The smallest absolute Gasteiger partial charge is 0.124 e. The second kappa shape index (κ2) is 6.03. The van der Waals surface area contributed by atoms with Crippen molar-refractivity contribution in [3.8, 4) is 6.07 Å². The number of nitriles is 1. The van der Waals surface area contributed by atoms with Crippen LogP contribution in [0.25, 0.3) is 0 Å². The Bertz CT molecular complexity index is 477. The van der Waals surface area contributed by atoms with E-state index in [1.54, 1.807) is 6.07 Å². The largest absolute Gasteiger partial charge is 0.369 e. The zero-order valence-corrected chi connectivity index (χ0v) is 11.6. The highest BCUT2D eigenvalue weighted by molar-refractivity contribution is 5.60. The highest BCUT2D eigenvalue weighted by Gasteiger charge is 2.27. The molecule has 1 saturated heterocycles. The van der Waals surface area contributed by atoms with E-state index in [2.05, 4.69) is 29.7 Å². The maximum absolute atomic E-state index is 13.2. The van der Waals surface area contributed by atoms with Crippen molar-refractivity contribution in [1.82, 2.24) is 4.90 Å². The number of halogens is 1. The lowest BCUT2D eigenvalue weighted by Gasteiger charge is -2.27. The molecule has 1 unspecified atom stereocenters. The van der Waals surface area contributed by atoms with Gasteiger partial charge in [0.2, 0.25) is 0 Å². The van der Waals surface area contributed by atoms with Crippen LogP contribution >= 0.6 is 0 Å². The summed E-state index contributed by atoms with van der Waals surface area (Å²) in [5.41, 5.74) is 1.29. The minimum atomic E-state index is -0.347. The quantitative estimate of drug-likeness (QED) is 0.834. The van der Waals surface area contributed by atoms with Gasteiger partial charge in [-0.25, -0.2) is 4.39 Å². The van der Waals surface area contributed by atoms with Gasteiger partial charge in [0, 0.05) is 19.1 Å². The molecule has 3 nitrogen and oxygen atoms in total. The van der Waals surface area contributed by atoms with E-state index < -0.39 is 0 Å². The SMILES string of the molecule is CCN(CC)C1CCN(c2ccc(F)cc2C#N)C1. The first-order valence-electron chi connectivity index (χ1n) is 6.88. The summed E-state index contributed by atoms with van der Waals surface area (Å²) in [7, 11) is 0. The predicted molar refractivity (Wildman–Crippen MR) is 74.7 cm³/mol. The Morgan fingerprint density at radius 2 is 2.16 bits per heavy atom. The van der Waals surface area contributed by atoms with Gasteiger partial charge in [-0.2, -0.15) is 5.26 Å². The molecular formula is C15H20FN3. The number of benzene rings is 1. The molecule has 2 rings (SSSR count). The van der Waals surface area contributed by atoms with E-state index in [-0.39, 0.29) is 5.82 Å². The van der Waals surface area contributed by atoms with Crippen LogP contribution in [-0.4, -0.2) is 37.1 Å². The van der Waals surface area contributed by atoms with Crippen LogP contribution in [0.15, 0.2) is 18.2 Å². The zero-order chi connectivity index (χ0) is 13.8. The van der Waals surface area contributed by atoms with Gasteiger partial charge in [0.1, 0.15) is 11.9 Å². The molecule has 1 aromatic rings. The average Bonchev–Trinajstić information content (AvgIpc) is 2.89. The Balaban J connectivity index is 2.15. The lowest BCUT2D eigenvalue weighted by atomic mass is 10.1. The summed E-state index contributed by atoms with van der Waals surface area (Å²) in [6.07, 6.45) is 1.10. The predicted octanol–water partition coefficient (Wildman–Crippen LogP) is 2.62. The number of rotatable bonds is 4. The third kappa shape index (κ3) is 2.87. The van der Waals surface area contributed by atoms with Crippen molar-refractivity contribution in [2.75, 3.05) is 31.1 Å². The van der Waals surface area contributed by atoms with Crippen molar-refractivity contribution in [1.29, 1.82) is 5.26 Å². The zero-order valence-electron chi connectivity index (χ0n) is 11.6. The van der Waals surface area contributed by atoms with Crippen LogP contribution in [-0.2, 0) is 0 Å². The van der Waals surface area contributed by atoms with E-state index in [0.29, 0.717) is 11.6 Å². The number of nitrogens with zero attached hydrogens (tertiary/aromatic N) is 3. The van der Waals surface area contributed by atoms with Gasteiger partial charge < -0.3 is 4.90 Å². The van der Waals surface area contributed by atoms with Gasteiger partial charge in [-0.3, -0.25) is 4.90 Å². The molecule has 0 aromatic heterocycles. The van der Waals surface area contributed by atoms with E-state index in [1.165, 1.54) is 12.1 Å². The van der Waals surface area contributed by atoms with Gasteiger partial charge in [-0.15, -0.1) is 0 Å². The molecular weight excluding hydrogens is 241 g/mol. The molecule has 19 heavy (non-hydrogen) atoms. The second-order valence-corrected chi connectivity index (χ2v) is 4.88. The van der Waals surface area contributed by atoms with Gasteiger partial charge >= 0.3 is 0 Å². The summed E-state index contributed by atoms with van der Waals surface area (Å²) in [4.78, 5) is 4.64. The van der Waals surface area contributed by atoms with Gasteiger partial charge in [0.25, 0.3) is 0 Å². The van der Waals surface area contributed by atoms with Crippen LogP contribution in [0.3, 0.4) is 0 Å². The Hall–Kier alpha value is -1.60. The van der Waals surface area contributed by atoms with Gasteiger partial charge in [0.15, 0.2) is 0 Å². The topological polar surface area (TPSA) is 30.3 Å². The minimum absolute atomic E-state index is 0.347. The summed E-state index contributed by atoms with van der Waals surface area (Å²) >= 11 is 0. The molecule has 1 heterocycles. The Morgan fingerprint density at radius 1 is 1.42 bits per heavy atom. The summed E-state index contributed by atoms with van der Waals surface area (Å²) in [5.74, 6) is -0.347. The number of hydrogen-bond donors (Lipinski definition) is 0. The van der Waals surface area contributed by atoms with Crippen molar-refractivity contribution in [2.24, 2.45) is 0 Å². The molecule has 1 atom stereocenters. The lowest BCUT2D eigenvalue weighted by molar-refractivity contribution is 0.232. The van der Waals surface area contributed by atoms with E-state index >= 15 is 0 Å². The molecule has 1 aromatic carbocycles. The Morgan fingerprint density at radius 3 is 2.79 bits per heavy atom. The molecule has 0 N–H and O–H groups in total. The normalized spacial score (nSPS) is 18.9. The Labute approximate surface area is 114 Å². The number of anilines is 1. The first kappa shape index (κ1) is 13.8. The summed E-state index contributed by atoms with van der Waals surface area (Å²) < 4.78 is 13.2. The standard InChI is InChI=1S/C15H20FN3/c1-3-18(4-2)14-7-8-19(11-14)15-6-5-13(16)9-12(15)10-17/h5-6,9,14H,3-4,7-8,11H2,1-2H3. The van der Waals surface area contributed by atoms with Crippen LogP contribution in [0.4, 0.5) is 10.1 Å². The Kier molecular flexibility index (Phi) is 4.39. The van der Waals surface area contributed by atoms with Crippen LogP contribution in [0, 0.1) is 17.1 Å². The van der Waals surface area contributed by atoms with E-state index in [0.717, 1.165) is 38.3 Å². The van der Waals surface area contributed by atoms with Crippen molar-refractivity contribution in [3.05, 3.63) is 29.6 Å². The first-order chi connectivity index (χ1) is 9.19. The third-order valence-corrected chi connectivity index (χ3v) is 3.91. The van der Waals surface area contributed by atoms with Crippen LogP contribution in [0.1, 0.15) is 25.8 Å². The summed E-state index contributed by atoms with van der Waals surface area (Å²) in [5, 5.41) is 9.12. The van der Waals surface area contributed by atoms with Gasteiger partial charge in [-0.1, -0.05) is 13.8 Å². The molecule has 0 amide bonds. The van der Waals surface area contributed by atoms with Crippen molar-refractivity contribution < 1.29 is 4.39 Å². The number of hydrogen-bond acceptors (Lipinski definition) is 3. The molecule has 1 aliphatic heterocycles. The van der Waals surface area contributed by atoms with Crippen molar-refractivity contribution >= 4 is 5.69 Å². The molecule has 1 fully saturated rings. The highest BCUT2D eigenvalue weighted by atomic mass is 19.1. The van der Waals surface area contributed by atoms with Crippen molar-refractivity contribution in [3.63, 3.8) is 0 Å². The maximum atomic E-state index is 13.2. The van der Waals surface area contributed by atoms with Gasteiger partial charge in [0.05, 0.1) is 11.3 Å². The summed E-state index contributed by atoms with van der Waals surface area (Å²) in [6.45, 7) is 8.28. The van der Waals surface area contributed by atoms with E-state index in [1.807, 2.05) is 0 Å². The first-order valence-corrected chi connectivity index (χ1v) is 6.88. The summed E-state index contributed by atoms with van der Waals surface area (Å²) in [6, 6.07) is 7.10. The molecule has 0 spiro atoms. The molecule has 0 radical (unpaired) electrons. The number of likely N-dealkylation sites (N-methyl/N-ethyl adjacent to an activating group) is 1. The molecule has 0 bridgehead atoms. The van der Waals surface area contributed by atoms with Crippen LogP contribution < -0.4 is 4.90 Å². The fourth-order valence-corrected chi connectivity index (χ4v) is 2.87. The minimum Gasteiger partial charge on any atom is -0.369 e. The average molecular weight is 261 g/mol. The van der Waals surface area contributed by atoms with E-state index in [9.17, 15) is 4.39 Å². The maximum Gasteiger partial charge on any atom is 0.124 e. The third-order valence-electron chi connectivity index (χ3n) is 3.91. The molecule has 0 saturated carbocycles. The molecule has 1 aliphatic rings. The van der Waals surface area contributed by atoms with Gasteiger partial charge in [-0.05, 0) is 37.7 Å². The second-order valence-electron chi connectivity index (χ2n) is 4.88.